The maximum absolute atomic E-state index is 5.76. The van der Waals surface area contributed by atoms with Crippen LogP contribution in [0.1, 0.15) is 6.92 Å². The Hall–Kier alpha value is -1.26. The Morgan fingerprint density at radius 1 is 0.947 bits per heavy atom. The van der Waals surface area contributed by atoms with Gasteiger partial charge in [-0.05, 0) is 38.2 Å². The molecule has 1 heterocycles. The predicted octanol–water partition coefficient (Wildman–Crippen LogP) is 1.71. The molecule has 0 N–H and O–H groups in total. The van der Waals surface area contributed by atoms with Crippen LogP contribution in [0.5, 0.6) is 11.5 Å². The highest BCUT2D eigenvalue weighted by molar-refractivity contribution is 5.31. The summed E-state index contributed by atoms with van der Waals surface area (Å²) in [5, 5.41) is 0. The third-order valence-electron chi connectivity index (χ3n) is 3.41. The first kappa shape index (κ1) is 14.2. The van der Waals surface area contributed by atoms with E-state index in [0.717, 1.165) is 50.8 Å². The van der Waals surface area contributed by atoms with E-state index in [0.29, 0.717) is 6.61 Å². The van der Waals surface area contributed by atoms with Gasteiger partial charge < -0.3 is 14.4 Å². The number of hydrogen-bond acceptors (Lipinski definition) is 4. The van der Waals surface area contributed by atoms with Crippen LogP contribution in [0.25, 0.3) is 0 Å². The summed E-state index contributed by atoms with van der Waals surface area (Å²) < 4.78 is 11.2. The molecule has 1 fully saturated rings. The smallest absolute Gasteiger partial charge is 0.119 e. The van der Waals surface area contributed by atoms with Crippen LogP contribution in [0, 0.1) is 0 Å². The maximum Gasteiger partial charge on any atom is 0.119 e. The standard InChI is InChI=1S/C15H24N2O2/c1-3-18-14-4-6-15(7-5-14)19-13-12-17-10-8-16(2)9-11-17/h4-7H,3,8-13H2,1-2H3. The molecule has 4 nitrogen and oxygen atoms in total. The molecule has 1 saturated heterocycles. The first-order valence-electron chi connectivity index (χ1n) is 7.04. The summed E-state index contributed by atoms with van der Waals surface area (Å²) in [5.74, 6) is 1.81. The number of rotatable bonds is 6. The summed E-state index contributed by atoms with van der Waals surface area (Å²) >= 11 is 0. The van der Waals surface area contributed by atoms with Gasteiger partial charge in [0, 0.05) is 32.7 Å². The van der Waals surface area contributed by atoms with Gasteiger partial charge in [-0.3, -0.25) is 4.90 Å². The summed E-state index contributed by atoms with van der Waals surface area (Å²) in [4.78, 5) is 4.82. The summed E-state index contributed by atoms with van der Waals surface area (Å²) in [5.41, 5.74) is 0. The van der Waals surface area contributed by atoms with Gasteiger partial charge in [-0.1, -0.05) is 0 Å². The average Bonchev–Trinajstić information content (AvgIpc) is 2.43. The Labute approximate surface area is 115 Å². The number of piperazine rings is 1. The van der Waals surface area contributed by atoms with E-state index in [-0.39, 0.29) is 0 Å². The molecule has 0 radical (unpaired) electrons. The van der Waals surface area contributed by atoms with Crippen LogP contribution < -0.4 is 9.47 Å². The van der Waals surface area contributed by atoms with Gasteiger partial charge in [0.1, 0.15) is 18.1 Å². The molecule has 4 heteroatoms. The molecule has 0 aliphatic carbocycles. The van der Waals surface area contributed by atoms with Gasteiger partial charge in [-0.25, -0.2) is 0 Å². The number of hydrogen-bond donors (Lipinski definition) is 0. The molecule has 0 bridgehead atoms. The van der Waals surface area contributed by atoms with E-state index in [1.54, 1.807) is 0 Å². The van der Waals surface area contributed by atoms with Crippen LogP contribution in [0.4, 0.5) is 0 Å². The Bertz CT molecular complexity index is 359. The fourth-order valence-corrected chi connectivity index (χ4v) is 2.16. The zero-order valence-corrected chi connectivity index (χ0v) is 12.0. The van der Waals surface area contributed by atoms with E-state index in [1.807, 2.05) is 31.2 Å². The van der Waals surface area contributed by atoms with Crippen molar-refractivity contribution >= 4 is 0 Å². The third kappa shape index (κ3) is 4.73. The van der Waals surface area contributed by atoms with Crippen LogP contribution in [-0.4, -0.2) is 62.8 Å². The molecule has 19 heavy (non-hydrogen) atoms. The monoisotopic (exact) mass is 264 g/mol. The lowest BCUT2D eigenvalue weighted by Gasteiger charge is -2.32. The molecule has 106 valence electrons. The minimum atomic E-state index is 0.698. The molecule has 1 aromatic rings. The van der Waals surface area contributed by atoms with Crippen LogP contribution >= 0.6 is 0 Å². The normalized spacial score (nSPS) is 17.4. The first-order chi connectivity index (χ1) is 9.28. The van der Waals surface area contributed by atoms with Gasteiger partial charge in [0.25, 0.3) is 0 Å². The topological polar surface area (TPSA) is 24.9 Å². The third-order valence-corrected chi connectivity index (χ3v) is 3.41. The van der Waals surface area contributed by atoms with Crippen molar-refractivity contribution in [2.45, 2.75) is 6.92 Å². The molecule has 1 aliphatic heterocycles. The van der Waals surface area contributed by atoms with Crippen LogP contribution in [0.15, 0.2) is 24.3 Å². The van der Waals surface area contributed by atoms with E-state index in [9.17, 15) is 0 Å². The van der Waals surface area contributed by atoms with Gasteiger partial charge in [-0.2, -0.15) is 0 Å². The molecule has 0 spiro atoms. The zero-order valence-electron chi connectivity index (χ0n) is 12.0. The van der Waals surface area contributed by atoms with E-state index in [4.69, 9.17) is 9.47 Å². The Kier molecular flexibility index (Phi) is 5.48. The summed E-state index contributed by atoms with van der Waals surface area (Å²) in [6, 6.07) is 7.84. The van der Waals surface area contributed by atoms with Gasteiger partial charge >= 0.3 is 0 Å². The van der Waals surface area contributed by atoms with Gasteiger partial charge in [0.2, 0.25) is 0 Å². The number of ether oxygens (including phenoxy) is 2. The van der Waals surface area contributed by atoms with Crippen molar-refractivity contribution in [3.8, 4) is 11.5 Å². The second-order valence-electron chi connectivity index (χ2n) is 4.90. The molecule has 1 aliphatic rings. The van der Waals surface area contributed by atoms with Crippen molar-refractivity contribution < 1.29 is 9.47 Å². The quantitative estimate of drug-likeness (QED) is 0.781. The number of benzene rings is 1. The van der Waals surface area contributed by atoms with Crippen molar-refractivity contribution in [2.24, 2.45) is 0 Å². The lowest BCUT2D eigenvalue weighted by molar-refractivity contribution is 0.133. The van der Waals surface area contributed by atoms with Crippen molar-refractivity contribution in [1.29, 1.82) is 0 Å². The summed E-state index contributed by atoms with van der Waals surface area (Å²) in [6.45, 7) is 9.03. The Morgan fingerprint density at radius 2 is 1.53 bits per heavy atom. The highest BCUT2D eigenvalue weighted by Gasteiger charge is 2.12. The number of likely N-dealkylation sites (N-methyl/N-ethyl adjacent to an activating group) is 1. The van der Waals surface area contributed by atoms with Crippen LogP contribution in [0.2, 0.25) is 0 Å². The molecule has 2 rings (SSSR count). The lowest BCUT2D eigenvalue weighted by atomic mass is 10.3. The van der Waals surface area contributed by atoms with Crippen LogP contribution in [0.3, 0.4) is 0 Å². The largest absolute Gasteiger partial charge is 0.494 e. The van der Waals surface area contributed by atoms with Gasteiger partial charge in [-0.15, -0.1) is 0 Å². The van der Waals surface area contributed by atoms with Crippen molar-refractivity contribution in [3.63, 3.8) is 0 Å². The molecule has 0 unspecified atom stereocenters. The minimum Gasteiger partial charge on any atom is -0.494 e. The fourth-order valence-electron chi connectivity index (χ4n) is 2.16. The molecular formula is C15H24N2O2. The molecule has 1 aromatic carbocycles. The highest BCUT2D eigenvalue weighted by Crippen LogP contribution is 2.17. The SMILES string of the molecule is CCOc1ccc(OCCN2CCN(C)CC2)cc1. The maximum atomic E-state index is 5.76. The van der Waals surface area contributed by atoms with E-state index < -0.39 is 0 Å². The van der Waals surface area contributed by atoms with Gasteiger partial charge in [0.15, 0.2) is 0 Å². The zero-order chi connectivity index (χ0) is 13.5. The predicted molar refractivity (Wildman–Crippen MR) is 77.0 cm³/mol. The molecule has 0 aromatic heterocycles. The minimum absolute atomic E-state index is 0.698. The Balaban J connectivity index is 1.67. The molecule has 0 atom stereocenters. The second-order valence-corrected chi connectivity index (χ2v) is 4.90. The van der Waals surface area contributed by atoms with E-state index in [1.165, 1.54) is 0 Å². The molecule has 0 saturated carbocycles. The van der Waals surface area contributed by atoms with E-state index >= 15 is 0 Å². The summed E-state index contributed by atoms with van der Waals surface area (Å²) in [7, 11) is 2.17. The first-order valence-corrected chi connectivity index (χ1v) is 7.04. The van der Waals surface area contributed by atoms with Crippen LogP contribution in [-0.2, 0) is 0 Å². The average molecular weight is 264 g/mol. The van der Waals surface area contributed by atoms with Crippen molar-refractivity contribution in [2.75, 3.05) is 53.0 Å². The fraction of sp³-hybridized carbons (Fsp3) is 0.600. The molecular weight excluding hydrogens is 240 g/mol. The van der Waals surface area contributed by atoms with Crippen molar-refractivity contribution in [1.82, 2.24) is 9.80 Å². The number of nitrogens with zero attached hydrogens (tertiary/aromatic N) is 2. The lowest BCUT2D eigenvalue weighted by Crippen LogP contribution is -2.45. The highest BCUT2D eigenvalue weighted by atomic mass is 16.5. The summed E-state index contributed by atoms with van der Waals surface area (Å²) in [6.07, 6.45) is 0. The van der Waals surface area contributed by atoms with Gasteiger partial charge in [0.05, 0.1) is 6.61 Å². The van der Waals surface area contributed by atoms with E-state index in [2.05, 4.69) is 16.8 Å². The van der Waals surface area contributed by atoms with Crippen molar-refractivity contribution in [3.05, 3.63) is 24.3 Å². The molecule has 0 amide bonds. The Morgan fingerprint density at radius 3 is 2.11 bits per heavy atom. The second kappa shape index (κ2) is 7.36.